The maximum atomic E-state index is 5.10. The molecule has 0 bridgehead atoms. The summed E-state index contributed by atoms with van der Waals surface area (Å²) in [7, 11) is 1.74. The van der Waals surface area contributed by atoms with Gasteiger partial charge in [0.05, 0.1) is 23.4 Å². The van der Waals surface area contributed by atoms with Crippen LogP contribution in [0.15, 0.2) is 0 Å². The Kier molecular flexibility index (Phi) is 4.32. The highest BCUT2D eigenvalue weighted by Crippen LogP contribution is 2.33. The Labute approximate surface area is 101 Å². The second-order valence-corrected chi connectivity index (χ2v) is 5.33. The monoisotopic (exact) mass is 240 g/mol. The highest BCUT2D eigenvalue weighted by atomic mass is 32.1. The molecule has 1 aromatic heterocycles. The third kappa shape index (κ3) is 2.62. The highest BCUT2D eigenvalue weighted by Gasteiger charge is 2.23. The molecule has 0 amide bonds. The van der Waals surface area contributed by atoms with Gasteiger partial charge in [0, 0.05) is 18.4 Å². The number of aryl methyl sites for hydroxylation is 1. The summed E-state index contributed by atoms with van der Waals surface area (Å²) in [5.74, 6) is 0. The van der Waals surface area contributed by atoms with Gasteiger partial charge in [-0.2, -0.15) is 0 Å². The number of thiazole rings is 1. The van der Waals surface area contributed by atoms with Gasteiger partial charge in [-0.25, -0.2) is 4.98 Å². The zero-order valence-corrected chi connectivity index (χ0v) is 10.9. The molecule has 1 aliphatic rings. The first-order chi connectivity index (χ1) is 7.85. The molecule has 1 aromatic rings. The van der Waals surface area contributed by atoms with Gasteiger partial charge in [0.1, 0.15) is 0 Å². The summed E-state index contributed by atoms with van der Waals surface area (Å²) in [6, 6.07) is 0.487. The summed E-state index contributed by atoms with van der Waals surface area (Å²) in [6.45, 7) is 3.96. The number of nitrogens with zero attached hydrogens (tertiary/aromatic N) is 1. The maximum absolute atomic E-state index is 5.10. The fraction of sp³-hybridized carbons (Fsp3) is 0.750. The van der Waals surface area contributed by atoms with Gasteiger partial charge in [-0.05, 0) is 25.8 Å². The summed E-state index contributed by atoms with van der Waals surface area (Å²) in [5, 5.41) is 4.76. The van der Waals surface area contributed by atoms with E-state index in [9.17, 15) is 0 Å². The van der Waals surface area contributed by atoms with Gasteiger partial charge in [0.15, 0.2) is 0 Å². The van der Waals surface area contributed by atoms with E-state index in [0.717, 1.165) is 19.6 Å². The van der Waals surface area contributed by atoms with E-state index >= 15 is 0 Å². The molecule has 0 saturated carbocycles. The quantitative estimate of drug-likeness (QED) is 0.857. The molecule has 0 radical (unpaired) electrons. The number of fused-ring (bicyclic) bond motifs is 1. The van der Waals surface area contributed by atoms with Crippen LogP contribution < -0.4 is 5.32 Å². The van der Waals surface area contributed by atoms with Gasteiger partial charge < -0.3 is 10.1 Å². The highest BCUT2D eigenvalue weighted by molar-refractivity contribution is 7.11. The van der Waals surface area contributed by atoms with E-state index in [1.165, 1.54) is 34.8 Å². The molecular weight excluding hydrogens is 220 g/mol. The molecule has 0 saturated heterocycles. The number of nitrogens with one attached hydrogen (secondary N) is 1. The van der Waals surface area contributed by atoms with E-state index in [4.69, 9.17) is 9.72 Å². The molecule has 16 heavy (non-hydrogen) atoms. The van der Waals surface area contributed by atoms with Crippen molar-refractivity contribution in [2.75, 3.05) is 20.3 Å². The predicted octanol–water partition coefficient (Wildman–Crippen LogP) is 2.32. The Balaban J connectivity index is 2.10. The number of ether oxygens (including phenoxy) is 1. The van der Waals surface area contributed by atoms with Crippen LogP contribution in [-0.2, 0) is 17.6 Å². The number of aromatic nitrogens is 1. The summed E-state index contributed by atoms with van der Waals surface area (Å²) in [6.07, 6.45) is 4.68. The molecule has 90 valence electrons. The van der Waals surface area contributed by atoms with Crippen LogP contribution in [0.3, 0.4) is 0 Å². The first-order valence-corrected chi connectivity index (χ1v) is 6.87. The van der Waals surface area contributed by atoms with Crippen LogP contribution in [0.25, 0.3) is 0 Å². The first kappa shape index (κ1) is 12.0. The Morgan fingerprint density at radius 2 is 2.44 bits per heavy atom. The Bertz CT molecular complexity index is 338. The summed E-state index contributed by atoms with van der Waals surface area (Å²) >= 11 is 1.87. The standard InChI is InChI=1S/C12H20N2OS/c1-3-13-9-5-4-6-10-12(9)14-11(16-10)7-8-15-2/h9,13H,3-8H2,1-2H3. The van der Waals surface area contributed by atoms with Crippen LogP contribution in [-0.4, -0.2) is 25.2 Å². The lowest BCUT2D eigenvalue weighted by atomic mass is 9.98. The lowest BCUT2D eigenvalue weighted by Crippen LogP contribution is -2.24. The van der Waals surface area contributed by atoms with Crippen LogP contribution >= 0.6 is 11.3 Å². The minimum atomic E-state index is 0.487. The summed E-state index contributed by atoms with van der Waals surface area (Å²) in [5.41, 5.74) is 1.31. The number of methoxy groups -OCH3 is 1. The number of hydrogen-bond acceptors (Lipinski definition) is 4. The zero-order valence-electron chi connectivity index (χ0n) is 10.1. The average molecular weight is 240 g/mol. The van der Waals surface area contributed by atoms with Crippen molar-refractivity contribution in [3.63, 3.8) is 0 Å². The Morgan fingerprint density at radius 3 is 3.19 bits per heavy atom. The van der Waals surface area contributed by atoms with Crippen molar-refractivity contribution < 1.29 is 4.74 Å². The molecule has 1 aliphatic carbocycles. The van der Waals surface area contributed by atoms with E-state index in [1.54, 1.807) is 7.11 Å². The fourth-order valence-corrected chi connectivity index (χ4v) is 3.36. The van der Waals surface area contributed by atoms with Crippen LogP contribution in [0, 0.1) is 0 Å². The zero-order chi connectivity index (χ0) is 11.4. The second kappa shape index (κ2) is 5.75. The van der Waals surface area contributed by atoms with Crippen molar-refractivity contribution >= 4 is 11.3 Å². The van der Waals surface area contributed by atoms with Crippen LogP contribution in [0.1, 0.15) is 41.4 Å². The van der Waals surface area contributed by atoms with Gasteiger partial charge in [-0.1, -0.05) is 6.92 Å². The molecule has 0 aliphatic heterocycles. The molecule has 1 heterocycles. The van der Waals surface area contributed by atoms with Gasteiger partial charge in [-0.15, -0.1) is 11.3 Å². The number of hydrogen-bond donors (Lipinski definition) is 1. The minimum absolute atomic E-state index is 0.487. The van der Waals surface area contributed by atoms with E-state index in [2.05, 4.69) is 12.2 Å². The van der Waals surface area contributed by atoms with Gasteiger partial charge >= 0.3 is 0 Å². The topological polar surface area (TPSA) is 34.1 Å². The summed E-state index contributed by atoms with van der Waals surface area (Å²) in [4.78, 5) is 6.25. The smallest absolute Gasteiger partial charge is 0.0954 e. The SMILES string of the molecule is CCNC1CCCc2sc(CCOC)nc21. The Hall–Kier alpha value is -0.450. The maximum Gasteiger partial charge on any atom is 0.0954 e. The first-order valence-electron chi connectivity index (χ1n) is 6.06. The molecule has 0 spiro atoms. The van der Waals surface area contributed by atoms with E-state index < -0.39 is 0 Å². The van der Waals surface area contributed by atoms with Crippen LogP contribution in [0.2, 0.25) is 0 Å². The van der Waals surface area contributed by atoms with Gasteiger partial charge in [0.25, 0.3) is 0 Å². The molecule has 2 rings (SSSR count). The molecule has 1 atom stereocenters. The lowest BCUT2D eigenvalue weighted by Gasteiger charge is -2.21. The van der Waals surface area contributed by atoms with Crippen LogP contribution in [0.5, 0.6) is 0 Å². The van der Waals surface area contributed by atoms with Crippen molar-refractivity contribution in [2.24, 2.45) is 0 Å². The predicted molar refractivity (Wildman–Crippen MR) is 67.0 cm³/mol. The van der Waals surface area contributed by atoms with Crippen molar-refractivity contribution in [3.05, 3.63) is 15.6 Å². The number of rotatable bonds is 5. The minimum Gasteiger partial charge on any atom is -0.384 e. The van der Waals surface area contributed by atoms with E-state index in [1.807, 2.05) is 11.3 Å². The van der Waals surface area contributed by atoms with Gasteiger partial charge in [0.2, 0.25) is 0 Å². The van der Waals surface area contributed by atoms with Gasteiger partial charge in [-0.3, -0.25) is 0 Å². The Morgan fingerprint density at radius 1 is 1.56 bits per heavy atom. The van der Waals surface area contributed by atoms with Crippen molar-refractivity contribution in [3.8, 4) is 0 Å². The van der Waals surface area contributed by atoms with Crippen LogP contribution in [0.4, 0.5) is 0 Å². The average Bonchev–Trinajstić information content (AvgIpc) is 2.70. The molecule has 3 nitrogen and oxygen atoms in total. The van der Waals surface area contributed by atoms with E-state index in [-0.39, 0.29) is 0 Å². The second-order valence-electron chi connectivity index (χ2n) is 4.16. The third-order valence-corrected chi connectivity index (χ3v) is 4.16. The molecule has 4 heteroatoms. The van der Waals surface area contributed by atoms with Crippen molar-refractivity contribution in [1.29, 1.82) is 0 Å². The molecular formula is C12H20N2OS. The molecule has 0 aromatic carbocycles. The normalized spacial score (nSPS) is 19.8. The fourth-order valence-electron chi connectivity index (χ4n) is 2.21. The van der Waals surface area contributed by atoms with E-state index in [0.29, 0.717) is 6.04 Å². The molecule has 0 fully saturated rings. The van der Waals surface area contributed by atoms with Crippen molar-refractivity contribution in [2.45, 2.75) is 38.6 Å². The lowest BCUT2D eigenvalue weighted by molar-refractivity contribution is 0.202. The molecule has 1 N–H and O–H groups in total. The third-order valence-electron chi connectivity index (χ3n) is 2.97. The summed E-state index contributed by atoms with van der Waals surface area (Å²) < 4.78 is 5.10. The van der Waals surface area contributed by atoms with Crippen molar-refractivity contribution in [1.82, 2.24) is 10.3 Å². The largest absolute Gasteiger partial charge is 0.384 e. The molecule has 1 unspecified atom stereocenters.